The van der Waals surface area contributed by atoms with Gasteiger partial charge in [-0.2, -0.15) is 0 Å². The van der Waals surface area contributed by atoms with Crippen molar-refractivity contribution in [3.05, 3.63) is 70.8 Å². The molecule has 0 unspecified atom stereocenters. The molecule has 0 saturated carbocycles. The lowest BCUT2D eigenvalue weighted by atomic mass is 9.93. The normalized spacial score (nSPS) is 18.3. The van der Waals surface area contributed by atoms with Crippen LogP contribution in [0, 0.1) is 0 Å². The molecular weight excluding hydrogens is 328 g/mol. The summed E-state index contributed by atoms with van der Waals surface area (Å²) in [5.41, 5.74) is 9.77. The highest BCUT2D eigenvalue weighted by Gasteiger charge is 2.32. The molecule has 2 aromatic carbocycles. The fourth-order valence-electron chi connectivity index (χ4n) is 3.58. The molecule has 2 heterocycles. The molecule has 0 spiro atoms. The highest BCUT2D eigenvalue weighted by molar-refractivity contribution is 5.95. The number of nitrogens with zero attached hydrogens (tertiary/aromatic N) is 1. The fourth-order valence-corrected chi connectivity index (χ4v) is 3.58. The van der Waals surface area contributed by atoms with Crippen LogP contribution in [-0.2, 0) is 29.0 Å². The standard InChI is InChI=1S/C21H20N2O3/c22-21(25)18-12-15-3-1-2-4-17(15)13-23(18)20(24)8-6-14-5-7-19-16(11-14)9-10-26-19/h1-8,11,18H,9-10,12-13H2,(H2,22,25)/b8-6+/t18-/m0/s1. The van der Waals surface area contributed by atoms with Crippen LogP contribution in [0.15, 0.2) is 48.5 Å². The van der Waals surface area contributed by atoms with Gasteiger partial charge in [-0.1, -0.05) is 30.3 Å². The molecule has 2 amide bonds. The Morgan fingerprint density at radius 1 is 1.12 bits per heavy atom. The molecule has 0 bridgehead atoms. The van der Waals surface area contributed by atoms with E-state index >= 15 is 0 Å². The summed E-state index contributed by atoms with van der Waals surface area (Å²) >= 11 is 0. The second-order valence-electron chi connectivity index (χ2n) is 6.66. The van der Waals surface area contributed by atoms with Crippen LogP contribution in [-0.4, -0.2) is 29.4 Å². The third-order valence-corrected chi connectivity index (χ3v) is 4.99. The summed E-state index contributed by atoms with van der Waals surface area (Å²) in [6.45, 7) is 1.10. The van der Waals surface area contributed by atoms with Gasteiger partial charge in [-0.05, 0) is 40.5 Å². The zero-order chi connectivity index (χ0) is 18.1. The van der Waals surface area contributed by atoms with Gasteiger partial charge in [0, 0.05) is 25.5 Å². The molecule has 0 saturated heterocycles. The van der Waals surface area contributed by atoms with E-state index in [1.165, 1.54) is 6.08 Å². The number of nitrogens with two attached hydrogens (primary N) is 1. The molecule has 1 atom stereocenters. The van der Waals surface area contributed by atoms with E-state index in [2.05, 4.69) is 0 Å². The Morgan fingerprint density at radius 2 is 1.92 bits per heavy atom. The Morgan fingerprint density at radius 3 is 2.73 bits per heavy atom. The summed E-state index contributed by atoms with van der Waals surface area (Å²) < 4.78 is 5.50. The van der Waals surface area contributed by atoms with E-state index < -0.39 is 11.9 Å². The molecule has 0 fully saturated rings. The summed E-state index contributed by atoms with van der Waals surface area (Å²) in [4.78, 5) is 26.2. The highest BCUT2D eigenvalue weighted by Crippen LogP contribution is 2.27. The van der Waals surface area contributed by atoms with Crippen LogP contribution in [0.25, 0.3) is 6.08 Å². The summed E-state index contributed by atoms with van der Waals surface area (Å²) in [5, 5.41) is 0. The Balaban J connectivity index is 1.55. The molecule has 26 heavy (non-hydrogen) atoms. The average molecular weight is 348 g/mol. The Labute approximate surface area is 152 Å². The Bertz CT molecular complexity index is 904. The summed E-state index contributed by atoms with van der Waals surface area (Å²) in [7, 11) is 0. The zero-order valence-corrected chi connectivity index (χ0v) is 14.4. The lowest BCUT2D eigenvalue weighted by molar-refractivity contribution is -0.136. The number of hydrogen-bond acceptors (Lipinski definition) is 3. The maximum Gasteiger partial charge on any atom is 0.247 e. The molecule has 0 aliphatic carbocycles. The van der Waals surface area contributed by atoms with E-state index in [1.807, 2.05) is 42.5 Å². The van der Waals surface area contributed by atoms with Crippen molar-refractivity contribution in [1.29, 1.82) is 0 Å². The predicted molar refractivity (Wildman–Crippen MR) is 98.4 cm³/mol. The summed E-state index contributed by atoms with van der Waals surface area (Å²) in [5.74, 6) is 0.228. The van der Waals surface area contributed by atoms with Gasteiger partial charge in [-0.15, -0.1) is 0 Å². The minimum Gasteiger partial charge on any atom is -0.493 e. The Kier molecular flexibility index (Phi) is 4.21. The second kappa shape index (κ2) is 6.67. The first-order valence-electron chi connectivity index (χ1n) is 8.72. The van der Waals surface area contributed by atoms with Gasteiger partial charge >= 0.3 is 0 Å². The molecule has 4 rings (SSSR count). The zero-order valence-electron chi connectivity index (χ0n) is 14.4. The third-order valence-electron chi connectivity index (χ3n) is 4.99. The first-order valence-corrected chi connectivity index (χ1v) is 8.72. The number of rotatable bonds is 3. The van der Waals surface area contributed by atoms with Crippen molar-refractivity contribution >= 4 is 17.9 Å². The molecule has 5 heteroatoms. The molecule has 5 nitrogen and oxygen atoms in total. The first kappa shape index (κ1) is 16.4. The minimum absolute atomic E-state index is 0.208. The quantitative estimate of drug-likeness (QED) is 0.863. The van der Waals surface area contributed by atoms with Gasteiger partial charge in [-0.25, -0.2) is 0 Å². The van der Waals surface area contributed by atoms with Gasteiger partial charge in [0.15, 0.2) is 0 Å². The molecule has 2 aliphatic rings. The van der Waals surface area contributed by atoms with E-state index in [0.29, 0.717) is 19.6 Å². The van der Waals surface area contributed by atoms with Crippen LogP contribution in [0.3, 0.4) is 0 Å². The SMILES string of the molecule is NC(=O)[C@@H]1Cc2ccccc2CN1C(=O)/C=C/c1ccc2c(c1)CCO2. The van der Waals surface area contributed by atoms with E-state index in [4.69, 9.17) is 10.5 Å². The van der Waals surface area contributed by atoms with Crippen molar-refractivity contribution in [3.8, 4) is 5.75 Å². The molecule has 2 aromatic rings. The van der Waals surface area contributed by atoms with Crippen LogP contribution in [0.1, 0.15) is 22.3 Å². The first-order chi connectivity index (χ1) is 12.6. The van der Waals surface area contributed by atoms with Crippen LogP contribution in [0.5, 0.6) is 5.75 Å². The van der Waals surface area contributed by atoms with Gasteiger partial charge in [0.25, 0.3) is 0 Å². The number of ether oxygens (including phenoxy) is 1. The molecule has 2 aliphatic heterocycles. The van der Waals surface area contributed by atoms with Gasteiger partial charge < -0.3 is 15.4 Å². The van der Waals surface area contributed by atoms with Gasteiger partial charge in [0.2, 0.25) is 11.8 Å². The number of fused-ring (bicyclic) bond motifs is 2. The minimum atomic E-state index is -0.615. The molecular formula is C21H20N2O3. The Hall–Kier alpha value is -3.08. The van der Waals surface area contributed by atoms with E-state index in [9.17, 15) is 9.59 Å². The smallest absolute Gasteiger partial charge is 0.247 e. The monoisotopic (exact) mass is 348 g/mol. The van der Waals surface area contributed by atoms with Crippen LogP contribution in [0.4, 0.5) is 0 Å². The molecule has 0 radical (unpaired) electrons. The van der Waals surface area contributed by atoms with E-state index in [0.717, 1.165) is 34.4 Å². The maximum atomic E-state index is 12.7. The van der Waals surface area contributed by atoms with Crippen LogP contribution in [0.2, 0.25) is 0 Å². The second-order valence-corrected chi connectivity index (χ2v) is 6.66. The molecule has 2 N–H and O–H groups in total. The number of carbonyl (C=O) groups excluding carboxylic acids is 2. The van der Waals surface area contributed by atoms with Crippen molar-refractivity contribution < 1.29 is 14.3 Å². The van der Waals surface area contributed by atoms with Crippen LogP contribution >= 0.6 is 0 Å². The summed E-state index contributed by atoms with van der Waals surface area (Å²) in [6, 6.07) is 13.1. The van der Waals surface area contributed by atoms with E-state index in [1.54, 1.807) is 11.0 Å². The van der Waals surface area contributed by atoms with Gasteiger partial charge in [0.05, 0.1) is 6.61 Å². The fraction of sp³-hybridized carbons (Fsp3) is 0.238. The van der Waals surface area contributed by atoms with Crippen molar-refractivity contribution in [1.82, 2.24) is 4.90 Å². The van der Waals surface area contributed by atoms with Gasteiger partial charge in [-0.3, -0.25) is 9.59 Å². The molecule has 0 aromatic heterocycles. The maximum absolute atomic E-state index is 12.7. The number of hydrogen-bond donors (Lipinski definition) is 1. The van der Waals surface area contributed by atoms with Gasteiger partial charge in [0.1, 0.15) is 11.8 Å². The van der Waals surface area contributed by atoms with Crippen molar-refractivity contribution in [3.63, 3.8) is 0 Å². The third kappa shape index (κ3) is 3.08. The average Bonchev–Trinajstić information content (AvgIpc) is 3.12. The largest absolute Gasteiger partial charge is 0.493 e. The predicted octanol–water partition coefficient (Wildman–Crippen LogP) is 2.07. The number of primary amides is 1. The lowest BCUT2D eigenvalue weighted by Crippen LogP contribution is -2.50. The van der Waals surface area contributed by atoms with Crippen molar-refractivity contribution in [2.75, 3.05) is 6.61 Å². The number of benzene rings is 2. The topological polar surface area (TPSA) is 72.6 Å². The van der Waals surface area contributed by atoms with Crippen LogP contribution < -0.4 is 10.5 Å². The number of amides is 2. The highest BCUT2D eigenvalue weighted by atomic mass is 16.5. The summed E-state index contributed by atoms with van der Waals surface area (Å²) in [6.07, 6.45) is 4.64. The number of carbonyl (C=O) groups is 2. The van der Waals surface area contributed by atoms with E-state index in [-0.39, 0.29) is 5.91 Å². The van der Waals surface area contributed by atoms with Crippen molar-refractivity contribution in [2.45, 2.75) is 25.4 Å². The molecule has 132 valence electrons. The van der Waals surface area contributed by atoms with Crippen molar-refractivity contribution in [2.24, 2.45) is 5.73 Å². The lowest BCUT2D eigenvalue weighted by Gasteiger charge is -2.34.